The number of phenols is 1. The van der Waals surface area contributed by atoms with Gasteiger partial charge in [-0.3, -0.25) is 9.56 Å². The van der Waals surface area contributed by atoms with Crippen molar-refractivity contribution >= 4 is 33.7 Å². The zero-order chi connectivity index (χ0) is 31.1. The van der Waals surface area contributed by atoms with Crippen LogP contribution in [0.25, 0.3) is 50.0 Å². The van der Waals surface area contributed by atoms with E-state index in [2.05, 4.69) is 117 Å². The minimum atomic E-state index is -0.0464. The van der Waals surface area contributed by atoms with E-state index in [1.807, 2.05) is 36.4 Å². The zero-order valence-electron chi connectivity index (χ0n) is 26.0. The summed E-state index contributed by atoms with van der Waals surface area (Å²) in [6.07, 6.45) is 1.75. The van der Waals surface area contributed by atoms with Gasteiger partial charge in [-0.25, -0.2) is 4.98 Å². The largest absolute Gasteiger partial charge is 0.507 e. The highest BCUT2D eigenvalue weighted by atomic mass is 16.3. The minimum Gasteiger partial charge on any atom is -0.507 e. The molecule has 0 amide bonds. The van der Waals surface area contributed by atoms with Gasteiger partial charge in [0.15, 0.2) is 0 Å². The van der Waals surface area contributed by atoms with E-state index in [4.69, 9.17) is 9.98 Å². The summed E-state index contributed by atoms with van der Waals surface area (Å²) in [5.74, 6) is 1.01. The summed E-state index contributed by atoms with van der Waals surface area (Å²) in [5, 5.41) is 13.1. The second-order valence-corrected chi connectivity index (χ2v) is 12.6. The summed E-state index contributed by atoms with van der Waals surface area (Å²) in [6, 6.07) is 43.6. The Morgan fingerprint density at radius 1 is 0.689 bits per heavy atom. The summed E-state index contributed by atoms with van der Waals surface area (Å²) >= 11 is 0. The highest BCUT2D eigenvalue weighted by Crippen LogP contribution is 2.40. The third-order valence-corrected chi connectivity index (χ3v) is 8.51. The number of benzene rings is 6. The topological polar surface area (TPSA) is 50.4 Å². The number of aromatic nitrogens is 2. The summed E-state index contributed by atoms with van der Waals surface area (Å²) in [5.41, 5.74) is 9.92. The maximum absolute atomic E-state index is 10.7. The van der Waals surface area contributed by atoms with E-state index in [9.17, 15) is 5.11 Å². The lowest BCUT2D eigenvalue weighted by atomic mass is 9.86. The fourth-order valence-corrected chi connectivity index (χ4v) is 6.06. The molecule has 1 heterocycles. The fourth-order valence-electron chi connectivity index (χ4n) is 6.06. The molecule has 45 heavy (non-hydrogen) atoms. The molecular weight excluding hydrogens is 550 g/mol. The molecule has 4 nitrogen and oxygen atoms in total. The number of imidazole rings is 1. The van der Waals surface area contributed by atoms with Gasteiger partial charge in [0.2, 0.25) is 0 Å². The number of para-hydroxylation sites is 3. The van der Waals surface area contributed by atoms with Crippen molar-refractivity contribution in [1.82, 2.24) is 9.55 Å². The molecule has 0 aliphatic carbocycles. The first-order chi connectivity index (χ1) is 21.8. The molecule has 7 rings (SSSR count). The van der Waals surface area contributed by atoms with E-state index in [0.717, 1.165) is 50.5 Å². The van der Waals surface area contributed by atoms with E-state index >= 15 is 0 Å². The van der Waals surface area contributed by atoms with Crippen LogP contribution in [0.2, 0.25) is 0 Å². The molecule has 0 spiro atoms. The molecule has 4 heteroatoms. The quantitative estimate of drug-likeness (QED) is 0.204. The van der Waals surface area contributed by atoms with Gasteiger partial charge < -0.3 is 5.11 Å². The van der Waals surface area contributed by atoms with Crippen LogP contribution in [-0.2, 0) is 5.41 Å². The molecule has 0 aliphatic heterocycles. The molecular formula is C41H35N3O. The Morgan fingerprint density at radius 3 is 2.20 bits per heavy atom. The van der Waals surface area contributed by atoms with Crippen LogP contribution < -0.4 is 0 Å². The Balaban J connectivity index is 1.45. The van der Waals surface area contributed by atoms with Gasteiger partial charge in [0, 0.05) is 28.6 Å². The van der Waals surface area contributed by atoms with Crippen LogP contribution in [0.1, 0.15) is 37.5 Å². The van der Waals surface area contributed by atoms with Crippen LogP contribution in [0.15, 0.2) is 132 Å². The molecule has 0 bridgehead atoms. The third-order valence-electron chi connectivity index (χ3n) is 8.51. The molecule has 220 valence electrons. The smallest absolute Gasteiger partial charge is 0.147 e. The van der Waals surface area contributed by atoms with Crippen LogP contribution >= 0.6 is 0 Å². The number of aromatic hydroxyl groups is 1. The molecule has 7 aromatic rings. The molecule has 0 unspecified atom stereocenters. The Bertz CT molecular complexity index is 2220. The normalized spacial score (nSPS) is 12.0. The first kappa shape index (κ1) is 28.3. The zero-order valence-corrected chi connectivity index (χ0v) is 26.0. The van der Waals surface area contributed by atoms with Gasteiger partial charge in [0.05, 0.1) is 16.7 Å². The molecule has 1 aromatic heterocycles. The summed E-state index contributed by atoms with van der Waals surface area (Å²) < 4.78 is 2.22. The van der Waals surface area contributed by atoms with Crippen molar-refractivity contribution < 1.29 is 5.11 Å². The van der Waals surface area contributed by atoms with Gasteiger partial charge in [-0.15, -0.1) is 0 Å². The SMILES string of the molecule is Cc1ccc(-c2cccc3c2nc(-c2ccccc2N=Cc2cc(C(C)(C)C)ccc2O)n3-c2ccccc2)c2ccccc12. The first-order valence-corrected chi connectivity index (χ1v) is 15.3. The van der Waals surface area contributed by atoms with Crippen molar-refractivity contribution in [2.24, 2.45) is 4.99 Å². The van der Waals surface area contributed by atoms with Gasteiger partial charge in [0.25, 0.3) is 0 Å². The number of aryl methyl sites for hydroxylation is 1. The summed E-state index contributed by atoms with van der Waals surface area (Å²) in [7, 11) is 0. The first-order valence-electron chi connectivity index (χ1n) is 15.3. The van der Waals surface area contributed by atoms with Gasteiger partial charge >= 0.3 is 0 Å². The average Bonchev–Trinajstić information content (AvgIpc) is 3.45. The predicted octanol–water partition coefficient (Wildman–Crippen LogP) is 10.6. The van der Waals surface area contributed by atoms with E-state index in [1.54, 1.807) is 12.3 Å². The van der Waals surface area contributed by atoms with Crippen molar-refractivity contribution in [1.29, 1.82) is 0 Å². The maximum Gasteiger partial charge on any atom is 0.147 e. The molecule has 0 atom stereocenters. The molecule has 6 aromatic carbocycles. The lowest BCUT2D eigenvalue weighted by Crippen LogP contribution is -2.11. The predicted molar refractivity (Wildman–Crippen MR) is 188 cm³/mol. The number of hydrogen-bond acceptors (Lipinski definition) is 3. The van der Waals surface area contributed by atoms with Crippen molar-refractivity contribution in [2.75, 3.05) is 0 Å². The van der Waals surface area contributed by atoms with Gasteiger partial charge in [-0.1, -0.05) is 106 Å². The number of nitrogens with zero attached hydrogens (tertiary/aromatic N) is 3. The standard InChI is InChI=1S/C41H35N3O/c1-27-21-23-33(32-16-9-8-15-31(27)32)34-18-12-20-37-39(34)43-40(44(37)30-13-6-5-7-14-30)35-17-10-11-19-36(35)42-26-28-25-29(41(2,3)4)22-24-38(28)45/h5-26,45H,1-4H3. The molecule has 0 fully saturated rings. The van der Waals surface area contributed by atoms with Crippen molar-refractivity contribution in [3.8, 4) is 34.0 Å². The van der Waals surface area contributed by atoms with Crippen LogP contribution in [-0.4, -0.2) is 20.9 Å². The highest BCUT2D eigenvalue weighted by Gasteiger charge is 2.20. The number of rotatable bonds is 5. The summed E-state index contributed by atoms with van der Waals surface area (Å²) in [4.78, 5) is 10.3. The monoisotopic (exact) mass is 585 g/mol. The van der Waals surface area contributed by atoms with Crippen molar-refractivity contribution in [3.05, 3.63) is 144 Å². The Morgan fingerprint density at radius 2 is 1.40 bits per heavy atom. The van der Waals surface area contributed by atoms with Crippen LogP contribution in [0.4, 0.5) is 5.69 Å². The average molecular weight is 586 g/mol. The second kappa shape index (κ2) is 11.2. The molecule has 1 N–H and O–H groups in total. The lowest BCUT2D eigenvalue weighted by molar-refractivity contribution is 0.473. The van der Waals surface area contributed by atoms with Gasteiger partial charge in [-0.05, 0) is 82.3 Å². The van der Waals surface area contributed by atoms with E-state index in [-0.39, 0.29) is 11.2 Å². The van der Waals surface area contributed by atoms with Crippen LogP contribution in [0.3, 0.4) is 0 Å². The third kappa shape index (κ3) is 5.19. The minimum absolute atomic E-state index is 0.0464. The van der Waals surface area contributed by atoms with E-state index in [0.29, 0.717) is 5.56 Å². The Hall–Kier alpha value is -5.48. The van der Waals surface area contributed by atoms with Gasteiger partial charge in [-0.2, -0.15) is 0 Å². The fraction of sp³-hybridized carbons (Fsp3) is 0.122. The van der Waals surface area contributed by atoms with E-state index in [1.165, 1.54) is 16.3 Å². The van der Waals surface area contributed by atoms with Crippen molar-refractivity contribution in [2.45, 2.75) is 33.1 Å². The number of phenolic OH excluding ortho intramolecular Hbond substituents is 1. The second-order valence-electron chi connectivity index (χ2n) is 12.6. The maximum atomic E-state index is 10.7. The van der Waals surface area contributed by atoms with Crippen molar-refractivity contribution in [3.63, 3.8) is 0 Å². The molecule has 0 aliphatic rings. The highest BCUT2D eigenvalue weighted by molar-refractivity contribution is 6.05. The Labute approximate surface area is 264 Å². The van der Waals surface area contributed by atoms with Gasteiger partial charge in [0.1, 0.15) is 11.6 Å². The molecule has 0 radical (unpaired) electrons. The summed E-state index contributed by atoms with van der Waals surface area (Å²) in [6.45, 7) is 8.65. The molecule has 0 saturated heterocycles. The number of aliphatic imine (C=N–C) groups is 1. The van der Waals surface area contributed by atoms with Crippen LogP contribution in [0, 0.1) is 6.92 Å². The van der Waals surface area contributed by atoms with E-state index < -0.39 is 0 Å². The van der Waals surface area contributed by atoms with Crippen LogP contribution in [0.5, 0.6) is 5.75 Å². The number of fused-ring (bicyclic) bond motifs is 2. The number of hydrogen-bond donors (Lipinski definition) is 1. The molecule has 0 saturated carbocycles. The Kier molecular flexibility index (Phi) is 7.06. The lowest BCUT2D eigenvalue weighted by Gasteiger charge is -2.19.